The Kier molecular flexibility index (Phi) is 11.2. The number of aromatic nitrogens is 2. The summed E-state index contributed by atoms with van der Waals surface area (Å²) in [5, 5.41) is 15.1. The molecule has 4 rings (SSSR count). The van der Waals surface area contributed by atoms with Crippen LogP contribution in [0.2, 0.25) is 10.0 Å². The highest BCUT2D eigenvalue weighted by atomic mass is 35.5. The van der Waals surface area contributed by atoms with E-state index in [1.165, 1.54) is 18.2 Å². The third kappa shape index (κ3) is 8.95. The van der Waals surface area contributed by atoms with Crippen molar-refractivity contribution in [2.45, 2.75) is 61.7 Å². The van der Waals surface area contributed by atoms with E-state index in [1.807, 2.05) is 0 Å². The molecule has 0 saturated carbocycles. The molecule has 2 amide bonds. The first-order valence-electron chi connectivity index (χ1n) is 14.1. The molecule has 2 aliphatic rings. The Bertz CT molecular complexity index is 1500. The van der Waals surface area contributed by atoms with Crippen LogP contribution in [0.4, 0.5) is 19.1 Å². The third-order valence-corrected chi connectivity index (χ3v) is 9.99. The van der Waals surface area contributed by atoms with E-state index in [2.05, 4.69) is 20.6 Å². The molecule has 2 atom stereocenters. The van der Waals surface area contributed by atoms with Crippen molar-refractivity contribution in [2.24, 2.45) is 5.92 Å². The Morgan fingerprint density at radius 3 is 2.36 bits per heavy atom. The monoisotopic (exact) mass is 694 g/mol. The lowest BCUT2D eigenvalue weighted by molar-refractivity contribution is -0.143. The van der Waals surface area contributed by atoms with Crippen molar-refractivity contribution in [1.82, 2.24) is 24.5 Å². The molecule has 0 aliphatic carbocycles. The van der Waals surface area contributed by atoms with Crippen LogP contribution < -0.4 is 10.6 Å². The van der Waals surface area contributed by atoms with Gasteiger partial charge in [-0.15, -0.1) is 0 Å². The quantitative estimate of drug-likeness (QED) is 0.319. The molecular weight excluding hydrogens is 664 g/mol. The minimum absolute atomic E-state index is 0.0409. The number of piperidine rings is 1. The van der Waals surface area contributed by atoms with E-state index in [1.54, 1.807) is 4.90 Å². The number of carboxylic acids is 1. The van der Waals surface area contributed by atoms with Crippen LogP contribution in [0, 0.1) is 5.92 Å². The van der Waals surface area contributed by atoms with Gasteiger partial charge >= 0.3 is 12.1 Å². The van der Waals surface area contributed by atoms with Crippen molar-refractivity contribution in [3.05, 3.63) is 46.2 Å². The number of aliphatic carboxylic acids is 1. The minimum Gasteiger partial charge on any atom is -0.480 e. The molecule has 45 heavy (non-hydrogen) atoms. The van der Waals surface area contributed by atoms with Gasteiger partial charge in [0, 0.05) is 48.8 Å². The highest BCUT2D eigenvalue weighted by Gasteiger charge is 2.41. The zero-order chi connectivity index (χ0) is 32.9. The summed E-state index contributed by atoms with van der Waals surface area (Å²) in [5.74, 6) is -2.57. The molecule has 3 N–H and O–H groups in total. The lowest BCUT2D eigenvalue weighted by Crippen LogP contribution is -2.51. The second kappa shape index (κ2) is 14.5. The van der Waals surface area contributed by atoms with Gasteiger partial charge < -0.3 is 20.6 Å². The number of rotatable bonds is 11. The van der Waals surface area contributed by atoms with E-state index in [9.17, 15) is 41.1 Å². The number of anilines is 1. The van der Waals surface area contributed by atoms with Gasteiger partial charge in [-0.1, -0.05) is 23.2 Å². The molecule has 2 saturated heterocycles. The summed E-state index contributed by atoms with van der Waals surface area (Å²) < 4.78 is 66.1. The van der Waals surface area contributed by atoms with E-state index < -0.39 is 45.9 Å². The largest absolute Gasteiger partial charge is 0.480 e. The third-order valence-electron chi connectivity index (χ3n) is 7.67. The highest BCUT2D eigenvalue weighted by Crippen LogP contribution is 2.30. The van der Waals surface area contributed by atoms with Gasteiger partial charge in [-0.25, -0.2) is 23.2 Å². The molecule has 0 unspecified atom stereocenters. The summed E-state index contributed by atoms with van der Waals surface area (Å²) in [7, 11) is -4.17. The normalized spacial score (nSPS) is 18.9. The Morgan fingerprint density at radius 2 is 1.73 bits per heavy atom. The molecule has 2 fully saturated rings. The fraction of sp³-hybridized carbons (Fsp3) is 0.519. The lowest BCUT2D eigenvalue weighted by atomic mass is 9.96. The van der Waals surface area contributed by atoms with E-state index in [0.29, 0.717) is 38.9 Å². The number of amides is 2. The van der Waals surface area contributed by atoms with Gasteiger partial charge in [0.05, 0.1) is 4.90 Å². The number of carboxylic acid groups (broad SMARTS) is 1. The van der Waals surface area contributed by atoms with Crippen LogP contribution >= 0.6 is 23.2 Å². The van der Waals surface area contributed by atoms with Gasteiger partial charge in [0.25, 0.3) is 0 Å². The van der Waals surface area contributed by atoms with E-state index in [4.69, 9.17) is 23.2 Å². The SMILES string of the molecule is O=C(O)[C@H](CCC(=O)N1CCC(CNc2nccc(C(F)(F)F)n2)CC1)NC(=O)[C@@H]1CCCN1S(=O)(=O)c1cc(Cl)cc(Cl)c1. The predicted molar refractivity (Wildman–Crippen MR) is 157 cm³/mol. The molecule has 0 radical (unpaired) electrons. The fourth-order valence-corrected chi connectivity index (χ4v) is 7.66. The number of benzene rings is 1. The Hall–Kier alpha value is -3.21. The Balaban J connectivity index is 1.27. The first kappa shape index (κ1) is 34.7. The maximum absolute atomic E-state index is 13.3. The van der Waals surface area contributed by atoms with Crippen molar-refractivity contribution in [3.8, 4) is 0 Å². The van der Waals surface area contributed by atoms with Crippen LogP contribution in [0.25, 0.3) is 0 Å². The van der Waals surface area contributed by atoms with Gasteiger partial charge in [-0.3, -0.25) is 9.59 Å². The predicted octanol–water partition coefficient (Wildman–Crippen LogP) is 3.66. The molecule has 1 aromatic heterocycles. The van der Waals surface area contributed by atoms with Crippen molar-refractivity contribution in [2.75, 3.05) is 31.5 Å². The number of hydrogen-bond acceptors (Lipinski definition) is 8. The number of hydrogen-bond donors (Lipinski definition) is 3. The summed E-state index contributed by atoms with van der Waals surface area (Å²) in [6, 6.07) is 2.00. The summed E-state index contributed by atoms with van der Waals surface area (Å²) >= 11 is 11.9. The van der Waals surface area contributed by atoms with E-state index >= 15 is 0 Å². The number of nitrogens with one attached hydrogen (secondary N) is 2. The van der Waals surface area contributed by atoms with Crippen molar-refractivity contribution < 1.29 is 41.1 Å². The molecule has 2 aliphatic heterocycles. The second-order valence-corrected chi connectivity index (χ2v) is 13.5. The van der Waals surface area contributed by atoms with Gasteiger partial charge in [-0.05, 0) is 62.3 Å². The fourth-order valence-electron chi connectivity index (χ4n) is 5.28. The number of carbonyl (C=O) groups is 3. The molecule has 246 valence electrons. The number of halogens is 5. The molecule has 1 aromatic carbocycles. The number of alkyl halides is 3. The summed E-state index contributed by atoms with van der Waals surface area (Å²) in [6.45, 7) is 1.08. The van der Waals surface area contributed by atoms with Crippen LogP contribution in [0.5, 0.6) is 0 Å². The topological polar surface area (TPSA) is 162 Å². The zero-order valence-corrected chi connectivity index (χ0v) is 26.1. The van der Waals surface area contributed by atoms with E-state index in [-0.39, 0.29) is 58.5 Å². The first-order chi connectivity index (χ1) is 21.1. The Labute approximate surface area is 267 Å². The summed E-state index contributed by atoms with van der Waals surface area (Å²) in [4.78, 5) is 46.6. The number of sulfonamides is 1. The van der Waals surface area contributed by atoms with Crippen LogP contribution in [-0.2, 0) is 30.6 Å². The maximum atomic E-state index is 13.3. The number of carbonyl (C=O) groups excluding carboxylic acids is 2. The summed E-state index contributed by atoms with van der Waals surface area (Å²) in [5.41, 5.74) is -1.05. The lowest BCUT2D eigenvalue weighted by Gasteiger charge is -2.32. The standard InChI is InChI=1S/C27H31Cl2F3N6O6S/c28-17-12-18(29)14-19(13-17)45(43,44)38-9-1-2-21(38)24(40)35-20(25(41)42)3-4-23(39)37-10-6-16(7-11-37)15-34-26-33-8-5-22(36-26)27(30,31)32/h5,8,12-14,16,20-21H,1-4,6-7,9-11,15H2,(H,35,40)(H,41,42)(H,33,34,36)/t20-,21-/m0/s1. The second-order valence-electron chi connectivity index (χ2n) is 10.8. The minimum atomic E-state index is -4.59. The van der Waals surface area contributed by atoms with Crippen LogP contribution in [0.3, 0.4) is 0 Å². The first-order valence-corrected chi connectivity index (χ1v) is 16.3. The average Bonchev–Trinajstić information content (AvgIpc) is 3.49. The van der Waals surface area contributed by atoms with Crippen molar-refractivity contribution in [1.29, 1.82) is 0 Å². The zero-order valence-electron chi connectivity index (χ0n) is 23.8. The van der Waals surface area contributed by atoms with Gasteiger partial charge in [-0.2, -0.15) is 17.5 Å². The Morgan fingerprint density at radius 1 is 1.07 bits per heavy atom. The van der Waals surface area contributed by atoms with E-state index in [0.717, 1.165) is 16.6 Å². The maximum Gasteiger partial charge on any atom is 0.433 e. The number of likely N-dealkylation sites (tertiary alicyclic amines) is 1. The molecule has 3 heterocycles. The highest BCUT2D eigenvalue weighted by molar-refractivity contribution is 7.89. The van der Waals surface area contributed by atoms with Crippen LogP contribution in [0.1, 0.15) is 44.2 Å². The molecule has 12 nitrogen and oxygen atoms in total. The van der Waals surface area contributed by atoms with Gasteiger partial charge in [0.15, 0.2) is 0 Å². The van der Waals surface area contributed by atoms with Crippen LogP contribution in [-0.4, -0.2) is 88.7 Å². The van der Waals surface area contributed by atoms with Crippen LogP contribution in [0.15, 0.2) is 35.4 Å². The molecule has 18 heteroatoms. The molecule has 0 bridgehead atoms. The number of nitrogens with zero attached hydrogens (tertiary/aromatic N) is 4. The van der Waals surface area contributed by atoms with Crippen molar-refractivity contribution in [3.63, 3.8) is 0 Å². The molecular formula is C27H31Cl2F3N6O6S. The average molecular weight is 696 g/mol. The van der Waals surface area contributed by atoms with Crippen molar-refractivity contribution >= 4 is 57.0 Å². The van der Waals surface area contributed by atoms with Gasteiger partial charge in [0.1, 0.15) is 17.8 Å². The molecule has 0 spiro atoms. The molecule has 2 aromatic rings. The smallest absolute Gasteiger partial charge is 0.433 e. The summed E-state index contributed by atoms with van der Waals surface area (Å²) in [6.07, 6.45) is -2.29. The van der Waals surface area contributed by atoms with Gasteiger partial charge in [0.2, 0.25) is 27.8 Å².